The van der Waals surface area contributed by atoms with Gasteiger partial charge in [-0.2, -0.15) is 0 Å². The van der Waals surface area contributed by atoms with Gasteiger partial charge in [0.1, 0.15) is 6.04 Å². The summed E-state index contributed by atoms with van der Waals surface area (Å²) in [7, 11) is 1.33. The molecular weight excluding hydrogens is 206 g/mol. The number of rotatable bonds is 6. The first-order chi connectivity index (χ1) is 7.38. The van der Waals surface area contributed by atoms with Crippen molar-refractivity contribution in [3.8, 4) is 0 Å². The fourth-order valence-corrected chi connectivity index (χ4v) is 1.29. The molecule has 0 aromatic carbocycles. The van der Waals surface area contributed by atoms with Gasteiger partial charge in [-0.05, 0) is 18.3 Å². The summed E-state index contributed by atoms with van der Waals surface area (Å²) in [5, 5.41) is 2.71. The fraction of sp³-hybridized carbons (Fsp3) is 0.833. The average Bonchev–Trinajstić information content (AvgIpc) is 2.21. The first kappa shape index (κ1) is 14.9. The number of amides is 1. The van der Waals surface area contributed by atoms with E-state index in [1.807, 2.05) is 13.8 Å². The van der Waals surface area contributed by atoms with Crippen molar-refractivity contribution >= 4 is 11.9 Å². The Morgan fingerprint density at radius 2 is 1.75 bits per heavy atom. The van der Waals surface area contributed by atoms with Gasteiger partial charge in [-0.1, -0.05) is 27.7 Å². The van der Waals surface area contributed by atoms with E-state index < -0.39 is 6.04 Å². The van der Waals surface area contributed by atoms with E-state index in [9.17, 15) is 9.59 Å². The molecule has 1 unspecified atom stereocenters. The highest BCUT2D eigenvalue weighted by Gasteiger charge is 2.24. The van der Waals surface area contributed by atoms with Gasteiger partial charge >= 0.3 is 5.97 Å². The highest BCUT2D eigenvalue weighted by molar-refractivity contribution is 5.84. The standard InChI is InChI=1S/C12H23NO3/c1-8(2)6-7-10(14)13-11(9(3)4)12(15)16-5/h8-9,11H,6-7H2,1-5H3,(H,13,14). The molecule has 4 heteroatoms. The normalized spacial score (nSPS) is 12.7. The average molecular weight is 229 g/mol. The van der Waals surface area contributed by atoms with Gasteiger partial charge in [-0.15, -0.1) is 0 Å². The molecule has 0 saturated heterocycles. The Labute approximate surface area is 97.7 Å². The van der Waals surface area contributed by atoms with Gasteiger partial charge in [0, 0.05) is 6.42 Å². The van der Waals surface area contributed by atoms with Crippen molar-refractivity contribution in [1.82, 2.24) is 5.32 Å². The first-order valence-corrected chi connectivity index (χ1v) is 5.75. The Morgan fingerprint density at radius 1 is 1.19 bits per heavy atom. The van der Waals surface area contributed by atoms with Crippen molar-refractivity contribution < 1.29 is 14.3 Å². The third-order valence-electron chi connectivity index (χ3n) is 2.39. The van der Waals surface area contributed by atoms with Crippen molar-refractivity contribution in [3.63, 3.8) is 0 Å². The Balaban J connectivity index is 4.19. The van der Waals surface area contributed by atoms with Crippen LogP contribution in [0.2, 0.25) is 0 Å². The van der Waals surface area contributed by atoms with Crippen LogP contribution in [0.1, 0.15) is 40.5 Å². The summed E-state index contributed by atoms with van der Waals surface area (Å²) in [4.78, 5) is 23.0. The predicted molar refractivity (Wildman–Crippen MR) is 62.9 cm³/mol. The minimum atomic E-state index is -0.537. The lowest BCUT2D eigenvalue weighted by Gasteiger charge is -2.19. The number of carbonyl (C=O) groups is 2. The van der Waals surface area contributed by atoms with Gasteiger partial charge in [0.25, 0.3) is 0 Å². The van der Waals surface area contributed by atoms with Gasteiger partial charge in [0.05, 0.1) is 7.11 Å². The zero-order chi connectivity index (χ0) is 12.7. The van der Waals surface area contributed by atoms with Crippen LogP contribution < -0.4 is 5.32 Å². The summed E-state index contributed by atoms with van der Waals surface area (Å²) in [6.45, 7) is 7.88. The van der Waals surface area contributed by atoms with E-state index in [2.05, 4.69) is 23.9 Å². The van der Waals surface area contributed by atoms with Crippen LogP contribution in [0.3, 0.4) is 0 Å². The predicted octanol–water partition coefficient (Wildman–Crippen LogP) is 1.74. The van der Waals surface area contributed by atoms with Crippen molar-refractivity contribution in [3.05, 3.63) is 0 Å². The topological polar surface area (TPSA) is 55.4 Å². The Morgan fingerprint density at radius 3 is 2.12 bits per heavy atom. The lowest BCUT2D eigenvalue weighted by Crippen LogP contribution is -2.45. The zero-order valence-electron chi connectivity index (χ0n) is 10.9. The van der Waals surface area contributed by atoms with E-state index in [1.54, 1.807) is 0 Å². The molecule has 0 aromatic rings. The number of hydrogen-bond acceptors (Lipinski definition) is 3. The minimum Gasteiger partial charge on any atom is -0.467 e. The van der Waals surface area contributed by atoms with E-state index in [-0.39, 0.29) is 17.8 Å². The lowest BCUT2D eigenvalue weighted by atomic mass is 10.0. The number of nitrogens with one attached hydrogen (secondary N) is 1. The fourth-order valence-electron chi connectivity index (χ4n) is 1.29. The van der Waals surface area contributed by atoms with Gasteiger partial charge < -0.3 is 10.1 Å². The zero-order valence-corrected chi connectivity index (χ0v) is 10.9. The number of methoxy groups -OCH3 is 1. The van der Waals surface area contributed by atoms with Crippen LogP contribution in [-0.4, -0.2) is 25.0 Å². The van der Waals surface area contributed by atoms with E-state index in [1.165, 1.54) is 7.11 Å². The summed E-state index contributed by atoms with van der Waals surface area (Å²) in [6, 6.07) is -0.537. The molecule has 0 aliphatic heterocycles. The molecule has 0 rings (SSSR count). The second-order valence-electron chi connectivity index (χ2n) is 4.74. The summed E-state index contributed by atoms with van der Waals surface area (Å²) in [6.07, 6.45) is 1.29. The number of carbonyl (C=O) groups excluding carboxylic acids is 2. The Hall–Kier alpha value is -1.06. The maximum absolute atomic E-state index is 11.6. The van der Waals surface area contributed by atoms with Crippen LogP contribution in [0.5, 0.6) is 0 Å². The molecule has 1 N–H and O–H groups in total. The van der Waals surface area contributed by atoms with Crippen molar-refractivity contribution in [2.75, 3.05) is 7.11 Å². The lowest BCUT2D eigenvalue weighted by molar-refractivity contribution is -0.146. The quantitative estimate of drug-likeness (QED) is 0.706. The molecule has 1 atom stereocenters. The highest BCUT2D eigenvalue weighted by Crippen LogP contribution is 2.07. The first-order valence-electron chi connectivity index (χ1n) is 5.75. The van der Waals surface area contributed by atoms with Crippen LogP contribution >= 0.6 is 0 Å². The molecule has 0 saturated carbocycles. The maximum Gasteiger partial charge on any atom is 0.328 e. The smallest absolute Gasteiger partial charge is 0.328 e. The van der Waals surface area contributed by atoms with E-state index >= 15 is 0 Å². The van der Waals surface area contributed by atoms with Crippen molar-refractivity contribution in [2.24, 2.45) is 11.8 Å². The van der Waals surface area contributed by atoms with Crippen molar-refractivity contribution in [2.45, 2.75) is 46.6 Å². The third-order valence-corrected chi connectivity index (χ3v) is 2.39. The van der Waals surface area contributed by atoms with E-state index in [0.29, 0.717) is 12.3 Å². The van der Waals surface area contributed by atoms with Gasteiger partial charge in [-0.25, -0.2) is 4.79 Å². The van der Waals surface area contributed by atoms with E-state index in [4.69, 9.17) is 0 Å². The summed E-state index contributed by atoms with van der Waals surface area (Å²) in [5.41, 5.74) is 0. The van der Waals surface area contributed by atoms with Crippen LogP contribution in [0.25, 0.3) is 0 Å². The molecular formula is C12H23NO3. The summed E-state index contributed by atoms with van der Waals surface area (Å²) in [5.74, 6) is 0.0579. The molecule has 0 aliphatic rings. The Bertz CT molecular complexity index is 236. The molecule has 4 nitrogen and oxygen atoms in total. The molecule has 0 spiro atoms. The molecule has 1 amide bonds. The SMILES string of the molecule is COC(=O)C(NC(=O)CCC(C)C)C(C)C. The largest absolute Gasteiger partial charge is 0.467 e. The third kappa shape index (κ3) is 5.73. The second-order valence-corrected chi connectivity index (χ2v) is 4.74. The highest BCUT2D eigenvalue weighted by atomic mass is 16.5. The number of ether oxygens (including phenoxy) is 1. The van der Waals surface area contributed by atoms with Gasteiger partial charge in [0.15, 0.2) is 0 Å². The number of esters is 1. The Kier molecular flexibility index (Phi) is 6.77. The molecule has 0 aromatic heterocycles. The van der Waals surface area contributed by atoms with Gasteiger partial charge in [-0.3, -0.25) is 4.79 Å². The van der Waals surface area contributed by atoms with Crippen LogP contribution in [0.15, 0.2) is 0 Å². The molecule has 0 radical (unpaired) electrons. The minimum absolute atomic E-state index is 0.0375. The van der Waals surface area contributed by atoms with Crippen molar-refractivity contribution in [1.29, 1.82) is 0 Å². The molecule has 0 heterocycles. The number of hydrogen-bond donors (Lipinski definition) is 1. The molecule has 16 heavy (non-hydrogen) atoms. The monoisotopic (exact) mass is 229 g/mol. The van der Waals surface area contributed by atoms with Crippen LogP contribution in [-0.2, 0) is 14.3 Å². The van der Waals surface area contributed by atoms with Crippen LogP contribution in [0.4, 0.5) is 0 Å². The maximum atomic E-state index is 11.6. The molecule has 0 fully saturated rings. The van der Waals surface area contributed by atoms with E-state index in [0.717, 1.165) is 6.42 Å². The summed E-state index contributed by atoms with van der Waals surface area (Å²) < 4.78 is 4.65. The molecule has 0 bridgehead atoms. The second kappa shape index (κ2) is 7.25. The molecule has 0 aliphatic carbocycles. The van der Waals surface area contributed by atoms with Gasteiger partial charge in [0.2, 0.25) is 5.91 Å². The van der Waals surface area contributed by atoms with Crippen LogP contribution in [0, 0.1) is 11.8 Å². The summed E-state index contributed by atoms with van der Waals surface area (Å²) >= 11 is 0. The molecule has 94 valence electrons.